The Bertz CT molecular complexity index is 1200. The standard InChI is InChI=1S/C15H13N7.C7H13NO/c1-17-14-13-9(6-8-22(13)21-15(16)20-14)10-4-5-11-12(19-10)3-2-7-18-11;1-2-4-8(3-1)7-5-9-6-7/h2-8H,1H3,(H3,16,17,20,21);7H,1-6H2. The number of pyridine rings is 2. The third kappa shape index (κ3) is 3.89. The van der Waals surface area contributed by atoms with Crippen LogP contribution in [-0.4, -0.2) is 68.9 Å². The number of aromatic nitrogens is 5. The van der Waals surface area contributed by atoms with Gasteiger partial charge in [-0.1, -0.05) is 0 Å². The second-order valence-electron chi connectivity index (χ2n) is 7.76. The molecule has 2 aliphatic rings. The molecular weight excluding hydrogens is 392 g/mol. The first-order valence-electron chi connectivity index (χ1n) is 10.6. The Morgan fingerprint density at radius 3 is 2.65 bits per heavy atom. The number of hydrogen-bond acceptors (Lipinski definition) is 8. The van der Waals surface area contributed by atoms with Gasteiger partial charge in [0, 0.05) is 25.0 Å². The minimum absolute atomic E-state index is 0.217. The van der Waals surface area contributed by atoms with Crippen LogP contribution in [0.3, 0.4) is 0 Å². The van der Waals surface area contributed by atoms with Crippen molar-refractivity contribution in [2.24, 2.45) is 0 Å². The molecular formula is C22H26N8O. The first-order valence-corrected chi connectivity index (χ1v) is 10.6. The van der Waals surface area contributed by atoms with Gasteiger partial charge in [0.15, 0.2) is 5.82 Å². The van der Waals surface area contributed by atoms with Crippen LogP contribution >= 0.6 is 0 Å². The third-order valence-electron chi connectivity index (χ3n) is 5.77. The maximum absolute atomic E-state index is 5.72. The molecule has 0 aromatic carbocycles. The fourth-order valence-corrected chi connectivity index (χ4v) is 4.07. The van der Waals surface area contributed by atoms with Crippen LogP contribution in [0.4, 0.5) is 11.8 Å². The van der Waals surface area contributed by atoms with Crippen LogP contribution in [0, 0.1) is 0 Å². The Hall–Kier alpha value is -3.30. The number of fused-ring (bicyclic) bond motifs is 2. The van der Waals surface area contributed by atoms with Crippen LogP contribution in [0.5, 0.6) is 0 Å². The molecule has 2 fully saturated rings. The smallest absolute Gasteiger partial charge is 0.240 e. The molecule has 3 N–H and O–H groups in total. The first-order chi connectivity index (χ1) is 15.2. The fraction of sp³-hybridized carbons (Fsp3) is 0.364. The van der Waals surface area contributed by atoms with Crippen molar-refractivity contribution >= 4 is 28.3 Å². The van der Waals surface area contributed by atoms with E-state index in [1.165, 1.54) is 25.9 Å². The normalized spacial score (nSPS) is 16.8. The van der Waals surface area contributed by atoms with E-state index in [2.05, 4.69) is 30.3 Å². The predicted octanol–water partition coefficient (Wildman–Crippen LogP) is 2.44. The molecule has 4 aromatic heterocycles. The van der Waals surface area contributed by atoms with E-state index in [0.29, 0.717) is 5.82 Å². The first kappa shape index (κ1) is 19.7. The lowest BCUT2D eigenvalue weighted by Crippen LogP contribution is -2.47. The van der Waals surface area contributed by atoms with Gasteiger partial charge in [-0.05, 0) is 56.3 Å². The maximum atomic E-state index is 5.72. The number of ether oxygens (including phenoxy) is 1. The number of nitrogens with two attached hydrogens (primary N) is 1. The molecule has 9 nitrogen and oxygen atoms in total. The average molecular weight is 419 g/mol. The molecule has 2 aliphatic heterocycles. The van der Waals surface area contributed by atoms with Gasteiger partial charge in [0.2, 0.25) is 5.95 Å². The van der Waals surface area contributed by atoms with Crippen LogP contribution in [0.15, 0.2) is 42.7 Å². The number of nitrogen functional groups attached to an aromatic ring is 1. The molecule has 0 atom stereocenters. The van der Waals surface area contributed by atoms with Crippen molar-refractivity contribution in [2.45, 2.75) is 18.9 Å². The zero-order valence-electron chi connectivity index (χ0n) is 17.5. The molecule has 0 amide bonds. The van der Waals surface area contributed by atoms with Gasteiger partial charge in [-0.15, -0.1) is 5.10 Å². The Balaban J connectivity index is 0.000000189. The minimum atomic E-state index is 0.217. The minimum Gasteiger partial charge on any atom is -0.378 e. The molecule has 2 saturated heterocycles. The molecule has 6 heterocycles. The van der Waals surface area contributed by atoms with Gasteiger partial charge >= 0.3 is 0 Å². The summed E-state index contributed by atoms with van der Waals surface area (Å²) in [6.07, 6.45) is 6.40. The van der Waals surface area contributed by atoms with Gasteiger partial charge < -0.3 is 15.8 Å². The zero-order valence-corrected chi connectivity index (χ0v) is 17.5. The number of anilines is 2. The summed E-state index contributed by atoms with van der Waals surface area (Å²) in [6, 6.07) is 10.5. The van der Waals surface area contributed by atoms with Crippen LogP contribution in [0.1, 0.15) is 12.8 Å². The molecule has 0 spiro atoms. The topological polar surface area (TPSA) is 106 Å². The highest BCUT2D eigenvalue weighted by Crippen LogP contribution is 2.29. The number of hydrogen-bond donors (Lipinski definition) is 2. The highest BCUT2D eigenvalue weighted by molar-refractivity contribution is 5.89. The molecule has 0 aliphatic carbocycles. The number of likely N-dealkylation sites (tertiary alicyclic amines) is 1. The van der Waals surface area contributed by atoms with Gasteiger partial charge in [-0.3, -0.25) is 9.88 Å². The Kier molecular flexibility index (Phi) is 5.35. The van der Waals surface area contributed by atoms with Crippen LogP contribution in [0.2, 0.25) is 0 Å². The molecule has 9 heteroatoms. The lowest BCUT2D eigenvalue weighted by Gasteiger charge is -2.34. The summed E-state index contributed by atoms with van der Waals surface area (Å²) in [4.78, 5) is 15.7. The molecule has 0 saturated carbocycles. The van der Waals surface area contributed by atoms with Gasteiger partial charge in [-0.25, -0.2) is 9.50 Å². The van der Waals surface area contributed by atoms with Crippen molar-refractivity contribution in [3.63, 3.8) is 0 Å². The summed E-state index contributed by atoms with van der Waals surface area (Å²) in [5.74, 6) is 0.884. The van der Waals surface area contributed by atoms with Gasteiger partial charge in [0.1, 0.15) is 5.52 Å². The monoisotopic (exact) mass is 418 g/mol. The van der Waals surface area contributed by atoms with E-state index in [1.54, 1.807) is 17.8 Å². The van der Waals surface area contributed by atoms with E-state index in [1.807, 2.05) is 36.5 Å². The third-order valence-corrected chi connectivity index (χ3v) is 5.77. The van der Waals surface area contributed by atoms with E-state index in [-0.39, 0.29) is 5.95 Å². The molecule has 0 radical (unpaired) electrons. The Morgan fingerprint density at radius 1 is 1.06 bits per heavy atom. The summed E-state index contributed by atoms with van der Waals surface area (Å²) in [7, 11) is 1.80. The highest BCUT2D eigenvalue weighted by atomic mass is 16.5. The molecule has 31 heavy (non-hydrogen) atoms. The molecule has 0 unspecified atom stereocenters. The lowest BCUT2D eigenvalue weighted by atomic mass is 10.1. The molecule has 160 valence electrons. The Labute approximate surface area is 180 Å². The summed E-state index contributed by atoms with van der Waals surface area (Å²) in [5, 5.41) is 7.25. The summed E-state index contributed by atoms with van der Waals surface area (Å²) >= 11 is 0. The number of nitrogens with one attached hydrogen (secondary N) is 1. The van der Waals surface area contributed by atoms with Crippen molar-refractivity contribution in [1.82, 2.24) is 29.5 Å². The Morgan fingerprint density at radius 2 is 1.90 bits per heavy atom. The summed E-state index contributed by atoms with van der Waals surface area (Å²) in [6.45, 7) is 4.60. The van der Waals surface area contributed by atoms with Crippen molar-refractivity contribution in [2.75, 3.05) is 44.4 Å². The molecule has 6 rings (SSSR count). The second kappa shape index (κ2) is 8.44. The van der Waals surface area contributed by atoms with Crippen molar-refractivity contribution in [3.8, 4) is 11.3 Å². The second-order valence-corrected chi connectivity index (χ2v) is 7.76. The van der Waals surface area contributed by atoms with E-state index in [4.69, 9.17) is 10.5 Å². The van der Waals surface area contributed by atoms with E-state index < -0.39 is 0 Å². The summed E-state index contributed by atoms with van der Waals surface area (Å²) < 4.78 is 6.81. The SMILES string of the molecule is C1CCN(C2COC2)C1.CNc1nc(N)nn2ccc(-c3ccc4ncccc4n3)c12. The summed E-state index contributed by atoms with van der Waals surface area (Å²) in [5.41, 5.74) is 10.1. The van der Waals surface area contributed by atoms with Crippen LogP contribution < -0.4 is 11.1 Å². The molecule has 4 aromatic rings. The zero-order chi connectivity index (χ0) is 21.2. The van der Waals surface area contributed by atoms with Gasteiger partial charge in [0.05, 0.1) is 36.0 Å². The maximum Gasteiger partial charge on any atom is 0.240 e. The van der Waals surface area contributed by atoms with E-state index in [0.717, 1.165) is 47.1 Å². The fourth-order valence-electron chi connectivity index (χ4n) is 4.07. The quantitative estimate of drug-likeness (QED) is 0.523. The average Bonchev–Trinajstić information content (AvgIpc) is 3.42. The van der Waals surface area contributed by atoms with Gasteiger partial charge in [-0.2, -0.15) is 4.98 Å². The van der Waals surface area contributed by atoms with Gasteiger partial charge in [0.25, 0.3) is 0 Å². The van der Waals surface area contributed by atoms with E-state index >= 15 is 0 Å². The van der Waals surface area contributed by atoms with Crippen molar-refractivity contribution in [3.05, 3.63) is 42.7 Å². The highest BCUT2D eigenvalue weighted by Gasteiger charge is 2.27. The number of rotatable bonds is 3. The lowest BCUT2D eigenvalue weighted by molar-refractivity contribution is -0.0569. The predicted molar refractivity (Wildman–Crippen MR) is 121 cm³/mol. The van der Waals surface area contributed by atoms with E-state index in [9.17, 15) is 0 Å². The van der Waals surface area contributed by atoms with Crippen molar-refractivity contribution in [1.29, 1.82) is 0 Å². The van der Waals surface area contributed by atoms with Crippen molar-refractivity contribution < 1.29 is 4.74 Å². The van der Waals surface area contributed by atoms with Crippen LogP contribution in [0.25, 0.3) is 27.8 Å². The number of nitrogens with zero attached hydrogens (tertiary/aromatic N) is 6. The largest absolute Gasteiger partial charge is 0.378 e. The molecule has 0 bridgehead atoms. The van der Waals surface area contributed by atoms with Crippen LogP contribution in [-0.2, 0) is 4.74 Å².